The molecule has 1 aliphatic rings. The van der Waals surface area contributed by atoms with Crippen molar-refractivity contribution in [3.8, 4) is 12.0 Å². The Balaban J connectivity index is 1.98. The summed E-state index contributed by atoms with van der Waals surface area (Å²) < 4.78 is 0. The summed E-state index contributed by atoms with van der Waals surface area (Å²) in [5.41, 5.74) is 0.358. The number of rotatable bonds is 2. The van der Waals surface area contributed by atoms with E-state index in [4.69, 9.17) is 0 Å². The summed E-state index contributed by atoms with van der Waals surface area (Å²) in [6.07, 6.45) is 3.65. The summed E-state index contributed by atoms with van der Waals surface area (Å²) in [6, 6.07) is 22.6. The van der Waals surface area contributed by atoms with Crippen molar-refractivity contribution in [2.24, 2.45) is 0 Å². The van der Waals surface area contributed by atoms with Crippen LogP contribution in [0.15, 0.2) is 60.7 Å². The maximum absolute atomic E-state index is 11.3. The number of piperidine rings is 1. The molecule has 1 fully saturated rings. The molecule has 2 aromatic carbocycles. The van der Waals surface area contributed by atoms with Crippen molar-refractivity contribution in [3.63, 3.8) is 0 Å². The lowest BCUT2D eigenvalue weighted by Gasteiger charge is -2.26. The molecule has 3 rings (SSSR count). The largest absolute Gasteiger partial charge is 0.369 e. The van der Waals surface area contributed by atoms with Crippen LogP contribution in [-0.4, -0.2) is 23.1 Å². The molecule has 0 spiro atoms. The topological polar surface area (TPSA) is 23.5 Å². The molecule has 0 radical (unpaired) electrons. The fourth-order valence-corrected chi connectivity index (χ4v) is 2.84. The van der Waals surface area contributed by atoms with Gasteiger partial charge in [0.2, 0.25) is 0 Å². The second-order valence-electron chi connectivity index (χ2n) is 5.73. The molecule has 1 saturated heterocycles. The SMILES string of the molecule is OC(C#CN1CCCCC1)(c1ccccc1)c1ccccc1. The smallest absolute Gasteiger partial charge is 0.178 e. The van der Waals surface area contributed by atoms with E-state index in [-0.39, 0.29) is 0 Å². The molecular weight excluding hydrogens is 270 g/mol. The Hall–Kier alpha value is -2.24. The van der Waals surface area contributed by atoms with E-state index in [9.17, 15) is 5.11 Å². The number of likely N-dealkylation sites (tertiary alicyclic amines) is 1. The van der Waals surface area contributed by atoms with Crippen LogP contribution in [0.25, 0.3) is 0 Å². The van der Waals surface area contributed by atoms with Gasteiger partial charge in [-0.2, -0.15) is 0 Å². The lowest BCUT2D eigenvalue weighted by molar-refractivity contribution is 0.144. The van der Waals surface area contributed by atoms with Crippen LogP contribution in [-0.2, 0) is 5.60 Å². The van der Waals surface area contributed by atoms with Gasteiger partial charge in [-0.05, 0) is 25.2 Å². The van der Waals surface area contributed by atoms with E-state index in [0.29, 0.717) is 0 Å². The summed E-state index contributed by atoms with van der Waals surface area (Å²) >= 11 is 0. The standard InChI is InChI=1S/C20H21NO/c22-20(18-10-4-1-5-11-18,19-12-6-2-7-13-19)14-17-21-15-8-3-9-16-21/h1-2,4-7,10-13,22H,3,8-9,15-16H2. The first-order valence-electron chi connectivity index (χ1n) is 7.90. The van der Waals surface area contributed by atoms with Gasteiger partial charge in [0.25, 0.3) is 0 Å². The molecule has 2 aromatic rings. The minimum absolute atomic E-state index is 0.811. The molecule has 2 heteroatoms. The molecule has 22 heavy (non-hydrogen) atoms. The van der Waals surface area contributed by atoms with E-state index in [1.165, 1.54) is 19.3 Å². The van der Waals surface area contributed by atoms with Gasteiger partial charge in [-0.15, -0.1) is 0 Å². The quantitative estimate of drug-likeness (QED) is 0.858. The lowest BCUT2D eigenvalue weighted by Crippen LogP contribution is -2.29. The van der Waals surface area contributed by atoms with Gasteiger partial charge in [0.1, 0.15) is 0 Å². The zero-order chi connectivity index (χ0) is 15.3. The summed E-state index contributed by atoms with van der Waals surface area (Å²) in [5, 5.41) is 11.3. The van der Waals surface area contributed by atoms with Crippen LogP contribution in [0, 0.1) is 12.0 Å². The number of aliphatic hydroxyl groups is 1. The molecule has 2 nitrogen and oxygen atoms in total. The van der Waals surface area contributed by atoms with Crippen LogP contribution >= 0.6 is 0 Å². The Morgan fingerprint density at radius 3 is 1.77 bits per heavy atom. The molecule has 0 unspecified atom stereocenters. The monoisotopic (exact) mass is 291 g/mol. The van der Waals surface area contributed by atoms with E-state index >= 15 is 0 Å². The second kappa shape index (κ2) is 6.68. The van der Waals surface area contributed by atoms with E-state index in [1.807, 2.05) is 60.7 Å². The molecule has 1 aliphatic heterocycles. The molecule has 0 amide bonds. The number of nitrogens with zero attached hydrogens (tertiary/aromatic N) is 1. The second-order valence-corrected chi connectivity index (χ2v) is 5.73. The average molecular weight is 291 g/mol. The van der Waals surface area contributed by atoms with Gasteiger partial charge in [0.05, 0.1) is 0 Å². The van der Waals surface area contributed by atoms with Crippen LogP contribution in [0.5, 0.6) is 0 Å². The lowest BCUT2D eigenvalue weighted by atomic mass is 9.87. The average Bonchev–Trinajstić information content (AvgIpc) is 2.62. The third kappa shape index (κ3) is 3.16. The van der Waals surface area contributed by atoms with Crippen molar-refractivity contribution >= 4 is 0 Å². The summed E-state index contributed by atoms with van der Waals surface area (Å²) in [7, 11) is 0. The van der Waals surface area contributed by atoms with Crippen molar-refractivity contribution < 1.29 is 5.11 Å². The highest BCUT2D eigenvalue weighted by Gasteiger charge is 2.29. The fraction of sp³-hybridized carbons (Fsp3) is 0.300. The molecular formula is C20H21NO. The highest BCUT2D eigenvalue weighted by atomic mass is 16.3. The van der Waals surface area contributed by atoms with E-state index < -0.39 is 5.60 Å². The molecule has 0 bridgehead atoms. The van der Waals surface area contributed by atoms with Crippen molar-refractivity contribution in [2.45, 2.75) is 24.9 Å². The predicted octanol–water partition coefficient (Wildman–Crippen LogP) is 3.37. The van der Waals surface area contributed by atoms with Gasteiger partial charge in [-0.3, -0.25) is 0 Å². The maximum Gasteiger partial charge on any atom is 0.178 e. The van der Waals surface area contributed by atoms with Gasteiger partial charge < -0.3 is 10.0 Å². The Morgan fingerprint density at radius 1 is 0.773 bits per heavy atom. The zero-order valence-electron chi connectivity index (χ0n) is 12.7. The van der Waals surface area contributed by atoms with Gasteiger partial charge in [0.15, 0.2) is 5.60 Å². The Kier molecular flexibility index (Phi) is 4.46. The van der Waals surface area contributed by atoms with Crippen molar-refractivity contribution in [2.75, 3.05) is 13.1 Å². The fourth-order valence-electron chi connectivity index (χ4n) is 2.84. The molecule has 0 saturated carbocycles. The minimum atomic E-state index is -1.26. The summed E-state index contributed by atoms with van der Waals surface area (Å²) in [6.45, 7) is 1.99. The van der Waals surface area contributed by atoms with Crippen LogP contribution < -0.4 is 0 Å². The maximum atomic E-state index is 11.3. The van der Waals surface area contributed by atoms with E-state index in [0.717, 1.165) is 24.2 Å². The third-order valence-corrected chi connectivity index (χ3v) is 4.13. The Morgan fingerprint density at radius 2 is 1.27 bits per heavy atom. The van der Waals surface area contributed by atoms with Gasteiger partial charge in [0, 0.05) is 30.3 Å². The van der Waals surface area contributed by atoms with Crippen LogP contribution in [0.3, 0.4) is 0 Å². The molecule has 1 N–H and O–H groups in total. The number of hydrogen-bond donors (Lipinski definition) is 1. The Bertz CT molecular complexity index is 609. The number of benzene rings is 2. The van der Waals surface area contributed by atoms with Gasteiger partial charge in [-0.1, -0.05) is 60.7 Å². The summed E-state index contributed by atoms with van der Waals surface area (Å²) in [4.78, 5) is 2.13. The predicted molar refractivity (Wildman–Crippen MR) is 89.1 cm³/mol. The van der Waals surface area contributed by atoms with Crippen molar-refractivity contribution in [1.82, 2.24) is 4.90 Å². The van der Waals surface area contributed by atoms with Gasteiger partial charge in [-0.25, -0.2) is 0 Å². The third-order valence-electron chi connectivity index (χ3n) is 4.13. The zero-order valence-corrected chi connectivity index (χ0v) is 12.7. The summed E-state index contributed by atoms with van der Waals surface area (Å²) in [5.74, 6) is 3.13. The molecule has 0 atom stereocenters. The molecule has 0 aromatic heterocycles. The van der Waals surface area contributed by atoms with E-state index in [1.54, 1.807) is 0 Å². The van der Waals surface area contributed by atoms with E-state index in [2.05, 4.69) is 16.9 Å². The Labute approximate surface area is 132 Å². The first kappa shape index (κ1) is 14.7. The minimum Gasteiger partial charge on any atom is -0.369 e. The highest BCUT2D eigenvalue weighted by molar-refractivity contribution is 5.44. The van der Waals surface area contributed by atoms with Crippen LogP contribution in [0.4, 0.5) is 0 Å². The normalized spacial score (nSPS) is 15.0. The molecule has 112 valence electrons. The molecule has 0 aliphatic carbocycles. The first-order chi connectivity index (χ1) is 10.8. The van der Waals surface area contributed by atoms with Gasteiger partial charge >= 0.3 is 0 Å². The first-order valence-corrected chi connectivity index (χ1v) is 7.90. The number of hydrogen-bond acceptors (Lipinski definition) is 2. The highest BCUT2D eigenvalue weighted by Crippen LogP contribution is 2.28. The van der Waals surface area contributed by atoms with Crippen molar-refractivity contribution in [1.29, 1.82) is 0 Å². The van der Waals surface area contributed by atoms with Crippen molar-refractivity contribution in [3.05, 3.63) is 71.8 Å². The molecule has 1 heterocycles. The van der Waals surface area contributed by atoms with Crippen LogP contribution in [0.1, 0.15) is 30.4 Å². The van der Waals surface area contributed by atoms with Crippen LogP contribution in [0.2, 0.25) is 0 Å².